The third-order valence-electron chi connectivity index (χ3n) is 4.76. The number of hydrogen-bond acceptors (Lipinski definition) is 6. The molecule has 10 heteroatoms. The van der Waals surface area contributed by atoms with Gasteiger partial charge in [-0.2, -0.15) is 18.3 Å². The summed E-state index contributed by atoms with van der Waals surface area (Å²) in [5.74, 6) is -1.49. The van der Waals surface area contributed by atoms with Gasteiger partial charge in [-0.3, -0.25) is 5.10 Å². The van der Waals surface area contributed by atoms with Gasteiger partial charge in [0.15, 0.2) is 17.1 Å². The highest BCUT2D eigenvalue weighted by Gasteiger charge is 2.41. The fourth-order valence-corrected chi connectivity index (χ4v) is 3.33. The van der Waals surface area contributed by atoms with Crippen molar-refractivity contribution in [2.24, 2.45) is 0 Å². The van der Waals surface area contributed by atoms with E-state index in [9.17, 15) is 18.0 Å². The number of esters is 1. The lowest BCUT2D eigenvalue weighted by atomic mass is 10.00. The molecule has 0 spiro atoms. The lowest BCUT2D eigenvalue weighted by Crippen LogP contribution is -2.27. The van der Waals surface area contributed by atoms with Crippen LogP contribution in [0.1, 0.15) is 5.69 Å². The number of nitrogens with zero attached hydrogens (tertiary/aromatic N) is 2. The van der Waals surface area contributed by atoms with Crippen LogP contribution in [0.3, 0.4) is 0 Å². The normalized spacial score (nSPS) is 11.7. The van der Waals surface area contributed by atoms with Gasteiger partial charge in [-0.25, -0.2) is 9.78 Å². The van der Waals surface area contributed by atoms with Crippen molar-refractivity contribution in [3.05, 3.63) is 42.1 Å². The van der Waals surface area contributed by atoms with Crippen LogP contribution in [0.2, 0.25) is 0 Å². The van der Waals surface area contributed by atoms with Gasteiger partial charge in [0.2, 0.25) is 0 Å². The van der Waals surface area contributed by atoms with Crippen molar-refractivity contribution < 1.29 is 32.2 Å². The summed E-state index contributed by atoms with van der Waals surface area (Å²) in [5.41, 5.74) is 2.41. The van der Waals surface area contributed by atoms with Gasteiger partial charge in [-0.05, 0) is 43.3 Å². The number of aromatic amines is 1. The molecular formula is C21H16F3N3O4. The number of aromatic nitrogens is 3. The number of benzene rings is 2. The molecule has 160 valence electrons. The summed E-state index contributed by atoms with van der Waals surface area (Å²) < 4.78 is 52.5. The molecule has 0 bridgehead atoms. The van der Waals surface area contributed by atoms with Crippen LogP contribution in [0.4, 0.5) is 13.2 Å². The van der Waals surface area contributed by atoms with Gasteiger partial charge in [0, 0.05) is 27.4 Å². The van der Waals surface area contributed by atoms with Gasteiger partial charge in [-0.1, -0.05) is 0 Å². The average Bonchev–Trinajstić information content (AvgIpc) is 3.12. The number of methoxy groups -OCH3 is 2. The Morgan fingerprint density at radius 2 is 1.61 bits per heavy atom. The summed E-state index contributed by atoms with van der Waals surface area (Å²) in [6.07, 6.45) is -5.07. The summed E-state index contributed by atoms with van der Waals surface area (Å²) in [6, 6.07) is 9.18. The first-order valence-electron chi connectivity index (χ1n) is 9.02. The van der Waals surface area contributed by atoms with E-state index in [0.717, 1.165) is 21.9 Å². The number of carbonyl (C=O) groups is 1. The van der Waals surface area contributed by atoms with E-state index in [-0.39, 0.29) is 5.75 Å². The number of halogens is 3. The van der Waals surface area contributed by atoms with E-state index in [1.165, 1.54) is 38.5 Å². The standard InChI is InChI=1S/C21H16F3N3O4/c1-10-17-13-8-15(29-2)16(30-3)9-14(13)18(25-19(17)27-26-10)11-4-6-12(7-5-11)31-20(28)21(22,23)24/h4-9H,1-3H3,(H,25,26,27). The highest BCUT2D eigenvalue weighted by atomic mass is 19.4. The average molecular weight is 431 g/mol. The molecule has 2 heterocycles. The minimum absolute atomic E-state index is 0.230. The topological polar surface area (TPSA) is 86.3 Å². The van der Waals surface area contributed by atoms with Crippen molar-refractivity contribution in [2.45, 2.75) is 13.1 Å². The Morgan fingerprint density at radius 1 is 1.00 bits per heavy atom. The molecule has 0 saturated heterocycles. The van der Waals surface area contributed by atoms with Gasteiger partial charge < -0.3 is 14.2 Å². The number of alkyl halides is 3. The highest BCUT2D eigenvalue weighted by Crippen LogP contribution is 2.40. The third-order valence-corrected chi connectivity index (χ3v) is 4.76. The monoisotopic (exact) mass is 431 g/mol. The van der Waals surface area contributed by atoms with E-state index in [2.05, 4.69) is 19.9 Å². The molecule has 0 aliphatic heterocycles. The van der Waals surface area contributed by atoms with Crippen LogP contribution >= 0.6 is 0 Å². The van der Waals surface area contributed by atoms with E-state index in [1.54, 1.807) is 6.07 Å². The second-order valence-electron chi connectivity index (χ2n) is 6.67. The Balaban J connectivity index is 1.87. The van der Waals surface area contributed by atoms with Crippen molar-refractivity contribution in [2.75, 3.05) is 14.2 Å². The zero-order valence-electron chi connectivity index (χ0n) is 16.6. The molecule has 0 unspecified atom stereocenters. The third kappa shape index (κ3) is 3.60. The summed E-state index contributed by atoms with van der Waals surface area (Å²) in [7, 11) is 3.05. The maximum atomic E-state index is 12.4. The summed E-state index contributed by atoms with van der Waals surface area (Å²) in [5, 5.41) is 9.51. The molecule has 0 amide bonds. The van der Waals surface area contributed by atoms with Gasteiger partial charge in [0.25, 0.3) is 0 Å². The maximum absolute atomic E-state index is 12.4. The van der Waals surface area contributed by atoms with E-state index >= 15 is 0 Å². The Bertz CT molecular complexity index is 1300. The number of H-pyrrole nitrogens is 1. The molecule has 2 aromatic carbocycles. The van der Waals surface area contributed by atoms with E-state index in [0.29, 0.717) is 28.4 Å². The van der Waals surface area contributed by atoms with Crippen LogP contribution in [-0.4, -0.2) is 41.5 Å². The lowest BCUT2D eigenvalue weighted by molar-refractivity contribution is -0.189. The zero-order chi connectivity index (χ0) is 22.3. The Morgan fingerprint density at radius 3 is 2.19 bits per heavy atom. The van der Waals surface area contributed by atoms with Crippen LogP contribution in [0.5, 0.6) is 17.2 Å². The first kappa shape index (κ1) is 20.5. The summed E-state index contributed by atoms with van der Waals surface area (Å²) in [6.45, 7) is 1.87. The molecule has 0 radical (unpaired) electrons. The molecule has 0 aliphatic rings. The molecule has 4 aromatic rings. The smallest absolute Gasteiger partial charge is 0.491 e. The second kappa shape index (κ2) is 7.46. The van der Waals surface area contributed by atoms with Crippen LogP contribution < -0.4 is 14.2 Å². The SMILES string of the molecule is COc1cc2c(-c3ccc(OC(=O)C(F)(F)F)cc3)nc3n[nH]c(C)c3c2cc1OC. The van der Waals surface area contributed by atoms with E-state index in [1.807, 2.05) is 13.0 Å². The number of carbonyl (C=O) groups excluding carboxylic acids is 1. The molecular weight excluding hydrogens is 415 g/mol. The van der Waals surface area contributed by atoms with Crippen LogP contribution in [0, 0.1) is 6.92 Å². The molecule has 0 aliphatic carbocycles. The van der Waals surface area contributed by atoms with Crippen LogP contribution in [0.15, 0.2) is 36.4 Å². The van der Waals surface area contributed by atoms with Crippen molar-refractivity contribution in [1.29, 1.82) is 0 Å². The van der Waals surface area contributed by atoms with Crippen molar-refractivity contribution >= 4 is 27.8 Å². The van der Waals surface area contributed by atoms with Gasteiger partial charge in [-0.15, -0.1) is 0 Å². The number of nitrogens with one attached hydrogen (secondary N) is 1. The molecule has 0 fully saturated rings. The quantitative estimate of drug-likeness (QED) is 0.376. The summed E-state index contributed by atoms with van der Waals surface area (Å²) >= 11 is 0. The summed E-state index contributed by atoms with van der Waals surface area (Å²) in [4.78, 5) is 15.7. The Labute approximate surface area is 173 Å². The molecule has 1 N–H and O–H groups in total. The van der Waals surface area contributed by atoms with E-state index in [4.69, 9.17) is 9.47 Å². The fraction of sp³-hybridized carbons (Fsp3) is 0.190. The predicted octanol–water partition coefficient (Wildman–Crippen LogP) is 4.57. The van der Waals surface area contributed by atoms with Crippen molar-refractivity contribution in [3.8, 4) is 28.5 Å². The second-order valence-corrected chi connectivity index (χ2v) is 6.67. The van der Waals surface area contributed by atoms with Crippen LogP contribution in [0.25, 0.3) is 33.1 Å². The number of hydrogen-bond donors (Lipinski definition) is 1. The zero-order valence-corrected chi connectivity index (χ0v) is 16.6. The predicted molar refractivity (Wildman–Crippen MR) is 106 cm³/mol. The van der Waals surface area contributed by atoms with Gasteiger partial charge in [0.1, 0.15) is 5.75 Å². The molecule has 0 saturated carbocycles. The Kier molecular flexibility index (Phi) is 4.92. The number of ether oxygens (including phenoxy) is 3. The number of fused-ring (bicyclic) bond motifs is 3. The number of aryl methyl sites for hydroxylation is 1. The largest absolute Gasteiger partial charge is 0.493 e. The van der Waals surface area contributed by atoms with Gasteiger partial charge >= 0.3 is 12.1 Å². The number of pyridine rings is 1. The lowest BCUT2D eigenvalue weighted by Gasteiger charge is -2.13. The minimum Gasteiger partial charge on any atom is -0.493 e. The molecule has 31 heavy (non-hydrogen) atoms. The van der Waals surface area contributed by atoms with Crippen LogP contribution in [-0.2, 0) is 4.79 Å². The van der Waals surface area contributed by atoms with E-state index < -0.39 is 12.1 Å². The Hall–Kier alpha value is -3.82. The first-order chi connectivity index (χ1) is 14.7. The molecule has 2 aromatic heterocycles. The van der Waals surface area contributed by atoms with Crippen molar-refractivity contribution in [1.82, 2.24) is 15.2 Å². The maximum Gasteiger partial charge on any atom is 0.491 e. The minimum atomic E-state index is -5.07. The molecule has 4 rings (SSSR count). The number of rotatable bonds is 4. The first-order valence-corrected chi connectivity index (χ1v) is 9.02. The van der Waals surface area contributed by atoms with Crippen molar-refractivity contribution in [3.63, 3.8) is 0 Å². The van der Waals surface area contributed by atoms with Gasteiger partial charge in [0.05, 0.1) is 19.9 Å². The highest BCUT2D eigenvalue weighted by molar-refractivity contribution is 6.12. The fourth-order valence-electron chi connectivity index (χ4n) is 3.33. The molecule has 0 atom stereocenters. The molecule has 7 nitrogen and oxygen atoms in total.